The number of fused-ring (bicyclic) bond motifs is 2. The predicted molar refractivity (Wildman–Crippen MR) is 131 cm³/mol. The number of nitrogens with one attached hydrogen (secondary N) is 2. The van der Waals surface area contributed by atoms with Crippen LogP contribution in [0.4, 0.5) is 4.39 Å². The number of aryl methyl sites for hydroxylation is 1. The van der Waals surface area contributed by atoms with E-state index in [2.05, 4.69) is 25.8 Å². The molecule has 0 radical (unpaired) electrons. The summed E-state index contributed by atoms with van der Waals surface area (Å²) in [6.45, 7) is 6.02. The lowest BCUT2D eigenvalue weighted by atomic mass is 9.89. The van der Waals surface area contributed by atoms with E-state index in [1.54, 1.807) is 6.07 Å². The highest BCUT2D eigenvalue weighted by Gasteiger charge is 2.35. The minimum atomic E-state index is -0.346. The van der Waals surface area contributed by atoms with Gasteiger partial charge in [0.15, 0.2) is 5.88 Å². The van der Waals surface area contributed by atoms with E-state index >= 15 is 0 Å². The summed E-state index contributed by atoms with van der Waals surface area (Å²) in [7, 11) is 0. The average molecular weight is 463 g/mol. The van der Waals surface area contributed by atoms with Crippen molar-refractivity contribution in [2.45, 2.75) is 51.5 Å². The number of H-pyrrole nitrogens is 2. The SMILES string of the molecule is Cc1[nH]c2c(c1C(=O)N1CCC[C@H]1CN1CCCC1)CCC=C2c1c(O)[nH]c2ccc(F)cc12. The van der Waals surface area contributed by atoms with Crippen molar-refractivity contribution in [3.05, 3.63) is 58.2 Å². The molecule has 1 atom stereocenters. The van der Waals surface area contributed by atoms with Crippen molar-refractivity contribution >= 4 is 22.4 Å². The average Bonchev–Trinajstić information content (AvgIpc) is 3.59. The van der Waals surface area contributed by atoms with Crippen LogP contribution in [0.2, 0.25) is 0 Å². The molecule has 0 saturated carbocycles. The van der Waals surface area contributed by atoms with Crippen LogP contribution in [0.15, 0.2) is 24.3 Å². The van der Waals surface area contributed by atoms with Crippen molar-refractivity contribution < 1.29 is 14.3 Å². The van der Waals surface area contributed by atoms with Crippen molar-refractivity contribution in [3.8, 4) is 5.88 Å². The second-order valence-corrected chi connectivity index (χ2v) is 9.98. The Morgan fingerprint density at radius 1 is 1.18 bits per heavy atom. The topological polar surface area (TPSA) is 75.4 Å². The number of allylic oxidation sites excluding steroid dienone is 1. The summed E-state index contributed by atoms with van der Waals surface area (Å²) < 4.78 is 14.0. The van der Waals surface area contributed by atoms with E-state index in [1.807, 2.05) is 6.92 Å². The van der Waals surface area contributed by atoms with Crippen LogP contribution in [-0.4, -0.2) is 63.0 Å². The first kappa shape index (κ1) is 21.5. The van der Waals surface area contributed by atoms with E-state index in [1.165, 1.54) is 25.0 Å². The van der Waals surface area contributed by atoms with Gasteiger partial charge >= 0.3 is 0 Å². The number of carbonyl (C=O) groups excluding carboxylic acids is 1. The number of carbonyl (C=O) groups is 1. The van der Waals surface area contributed by atoms with E-state index in [0.29, 0.717) is 16.5 Å². The molecular formula is C27H31FN4O2. The van der Waals surface area contributed by atoms with Gasteiger partial charge in [0.2, 0.25) is 0 Å². The Morgan fingerprint density at radius 2 is 2.00 bits per heavy atom. The zero-order valence-electron chi connectivity index (χ0n) is 19.6. The lowest BCUT2D eigenvalue weighted by Gasteiger charge is -2.29. The molecule has 0 bridgehead atoms. The number of likely N-dealkylation sites (tertiary alicyclic amines) is 2. The molecule has 2 aromatic heterocycles. The maximum Gasteiger partial charge on any atom is 0.256 e. The van der Waals surface area contributed by atoms with E-state index in [0.717, 1.165) is 80.0 Å². The molecule has 4 heterocycles. The molecule has 178 valence electrons. The molecule has 6 nitrogen and oxygen atoms in total. The fourth-order valence-corrected chi connectivity index (χ4v) is 6.26. The maximum atomic E-state index is 14.0. The van der Waals surface area contributed by atoms with Gasteiger partial charge in [0.25, 0.3) is 5.91 Å². The van der Waals surface area contributed by atoms with Crippen molar-refractivity contribution in [3.63, 3.8) is 0 Å². The first-order valence-electron chi connectivity index (χ1n) is 12.5. The zero-order chi connectivity index (χ0) is 23.4. The molecule has 1 amide bonds. The molecular weight excluding hydrogens is 431 g/mol. The molecule has 1 aromatic carbocycles. The fraction of sp³-hybridized carbons (Fsp3) is 0.444. The summed E-state index contributed by atoms with van der Waals surface area (Å²) >= 11 is 0. The number of nitrogens with zero attached hydrogens (tertiary/aromatic N) is 2. The highest BCUT2D eigenvalue weighted by Crippen LogP contribution is 2.42. The van der Waals surface area contributed by atoms with Gasteiger partial charge in [0.1, 0.15) is 5.82 Å². The smallest absolute Gasteiger partial charge is 0.256 e. The lowest BCUT2D eigenvalue weighted by molar-refractivity contribution is 0.0707. The molecule has 0 unspecified atom stereocenters. The van der Waals surface area contributed by atoms with E-state index in [-0.39, 0.29) is 23.6 Å². The van der Waals surface area contributed by atoms with E-state index in [9.17, 15) is 14.3 Å². The van der Waals surface area contributed by atoms with E-state index < -0.39 is 0 Å². The van der Waals surface area contributed by atoms with Gasteiger partial charge in [-0.15, -0.1) is 0 Å². The zero-order valence-corrected chi connectivity index (χ0v) is 19.6. The first-order chi connectivity index (χ1) is 16.5. The first-order valence-corrected chi connectivity index (χ1v) is 12.5. The van der Waals surface area contributed by atoms with Crippen molar-refractivity contribution in [1.82, 2.24) is 19.8 Å². The maximum absolute atomic E-state index is 14.0. The summed E-state index contributed by atoms with van der Waals surface area (Å²) in [5.41, 5.74) is 5.61. The van der Waals surface area contributed by atoms with Crippen molar-refractivity contribution in [2.24, 2.45) is 0 Å². The highest BCUT2D eigenvalue weighted by molar-refractivity contribution is 6.03. The van der Waals surface area contributed by atoms with Gasteiger partial charge < -0.3 is 24.9 Å². The van der Waals surface area contributed by atoms with Crippen LogP contribution in [0.5, 0.6) is 5.88 Å². The summed E-state index contributed by atoms with van der Waals surface area (Å²) in [4.78, 5) is 24.9. The number of aromatic nitrogens is 2. The van der Waals surface area contributed by atoms with Crippen molar-refractivity contribution in [2.75, 3.05) is 26.2 Å². The van der Waals surface area contributed by atoms with Gasteiger partial charge in [0, 0.05) is 41.3 Å². The Kier molecular flexibility index (Phi) is 5.25. The Hall–Kier alpha value is -3.06. The molecule has 3 aliphatic rings. The standard InChI is InChI=1S/C27H31FN4O2/c1-16-23(27(34)32-13-5-6-18(32)15-31-11-2-3-12-31)19-7-4-8-20(25(19)29-16)24-21-14-17(28)9-10-22(21)30-26(24)33/h8-10,14,18,29-30,33H,2-7,11-13,15H2,1H3/t18-/m0/s1. The molecule has 34 heavy (non-hydrogen) atoms. The van der Waals surface area contributed by atoms with Gasteiger partial charge in [-0.3, -0.25) is 4.79 Å². The third-order valence-corrected chi connectivity index (χ3v) is 7.83. The van der Waals surface area contributed by atoms with Crippen molar-refractivity contribution in [1.29, 1.82) is 0 Å². The monoisotopic (exact) mass is 462 g/mol. The minimum absolute atomic E-state index is 0.0186. The highest BCUT2D eigenvalue weighted by atomic mass is 19.1. The Bertz CT molecular complexity index is 1300. The van der Waals surface area contributed by atoms with Gasteiger partial charge in [-0.1, -0.05) is 6.08 Å². The number of rotatable bonds is 4. The molecule has 3 aromatic rings. The summed E-state index contributed by atoms with van der Waals surface area (Å²) in [5.74, 6) is -0.210. The third-order valence-electron chi connectivity index (χ3n) is 7.83. The van der Waals surface area contributed by atoms with Gasteiger partial charge in [-0.2, -0.15) is 0 Å². The normalized spacial score (nSPS) is 20.8. The Balaban J connectivity index is 1.36. The van der Waals surface area contributed by atoms with E-state index in [4.69, 9.17) is 0 Å². The third kappa shape index (κ3) is 3.45. The number of halogens is 1. The molecule has 2 saturated heterocycles. The molecule has 7 heteroatoms. The second kappa shape index (κ2) is 8.31. The van der Waals surface area contributed by atoms with Crippen LogP contribution < -0.4 is 0 Å². The Labute approximate surface area is 198 Å². The number of aromatic amines is 2. The number of hydrogen-bond acceptors (Lipinski definition) is 3. The van der Waals surface area contributed by atoms with Gasteiger partial charge in [-0.05, 0) is 82.3 Å². The van der Waals surface area contributed by atoms with Crippen LogP contribution in [0.1, 0.15) is 65.0 Å². The number of aromatic hydroxyl groups is 1. The molecule has 6 rings (SSSR count). The second-order valence-electron chi connectivity index (χ2n) is 9.98. The minimum Gasteiger partial charge on any atom is -0.494 e. The van der Waals surface area contributed by atoms with Gasteiger partial charge in [0.05, 0.1) is 16.8 Å². The summed E-state index contributed by atoms with van der Waals surface area (Å²) in [5, 5.41) is 11.4. The van der Waals surface area contributed by atoms with Gasteiger partial charge in [-0.25, -0.2) is 4.39 Å². The summed E-state index contributed by atoms with van der Waals surface area (Å²) in [6.07, 6.45) is 8.23. The quantitative estimate of drug-likeness (QED) is 0.525. The summed E-state index contributed by atoms with van der Waals surface area (Å²) in [6, 6.07) is 4.74. The number of amides is 1. The number of hydrogen-bond donors (Lipinski definition) is 3. The molecule has 2 fully saturated rings. The number of benzene rings is 1. The van der Waals surface area contributed by atoms with Crippen LogP contribution in [0, 0.1) is 12.7 Å². The van der Waals surface area contributed by atoms with Crippen LogP contribution >= 0.6 is 0 Å². The lowest BCUT2D eigenvalue weighted by Crippen LogP contribution is -2.42. The van der Waals surface area contributed by atoms with Crippen LogP contribution in [-0.2, 0) is 6.42 Å². The molecule has 0 spiro atoms. The molecule has 3 N–H and O–H groups in total. The molecule has 1 aliphatic carbocycles. The predicted octanol–water partition coefficient (Wildman–Crippen LogP) is 4.73. The Morgan fingerprint density at radius 3 is 2.82 bits per heavy atom. The van der Waals surface area contributed by atoms with Crippen LogP contribution in [0.3, 0.4) is 0 Å². The molecule has 2 aliphatic heterocycles. The van der Waals surface area contributed by atoms with Crippen LogP contribution in [0.25, 0.3) is 16.5 Å². The largest absolute Gasteiger partial charge is 0.494 e. The fourth-order valence-electron chi connectivity index (χ4n) is 6.26.